The number of carbonyl (C=O) groups excluding carboxylic acids is 2. The first kappa shape index (κ1) is 16.1. The molecule has 0 aliphatic heterocycles. The van der Waals surface area contributed by atoms with Crippen LogP contribution in [0.15, 0.2) is 54.7 Å². The molecule has 0 aliphatic carbocycles. The number of carbonyl (C=O) groups is 2. The number of pyridine rings is 1. The largest absolute Gasteiger partial charge is 0.355 e. The Morgan fingerprint density at radius 1 is 1.22 bits per heavy atom. The van der Waals surface area contributed by atoms with Crippen LogP contribution < -0.4 is 5.32 Å². The third kappa shape index (κ3) is 4.11. The lowest BCUT2D eigenvalue weighted by molar-refractivity contribution is -0.114. The Bertz CT molecular complexity index is 759. The third-order valence-corrected chi connectivity index (χ3v) is 3.24. The lowest BCUT2D eigenvalue weighted by Crippen LogP contribution is -2.17. The van der Waals surface area contributed by atoms with Crippen LogP contribution >= 0.6 is 0 Å². The van der Waals surface area contributed by atoms with Crippen molar-refractivity contribution in [2.75, 3.05) is 7.05 Å². The zero-order valence-electron chi connectivity index (χ0n) is 12.6. The molecule has 0 bridgehead atoms. The number of ketones is 1. The molecular formula is C18H15N3O2. The summed E-state index contributed by atoms with van der Waals surface area (Å²) in [6, 6.07) is 13.9. The van der Waals surface area contributed by atoms with Crippen LogP contribution in [0, 0.1) is 11.3 Å². The van der Waals surface area contributed by atoms with Gasteiger partial charge in [0.2, 0.25) is 0 Å². The number of rotatable bonds is 5. The van der Waals surface area contributed by atoms with E-state index in [0.717, 1.165) is 5.56 Å². The fourth-order valence-corrected chi connectivity index (χ4v) is 1.99. The van der Waals surface area contributed by atoms with Crippen LogP contribution in [0.25, 0.3) is 6.08 Å². The van der Waals surface area contributed by atoms with Gasteiger partial charge >= 0.3 is 0 Å². The molecule has 1 aromatic carbocycles. The zero-order chi connectivity index (χ0) is 16.7. The van der Waals surface area contributed by atoms with E-state index in [1.807, 2.05) is 6.07 Å². The maximum atomic E-state index is 12.2. The Morgan fingerprint density at radius 2 is 1.96 bits per heavy atom. The molecule has 0 fully saturated rings. The minimum atomic E-state index is -0.919. The second kappa shape index (κ2) is 7.66. The number of amides is 1. The quantitative estimate of drug-likeness (QED) is 0.859. The molecule has 0 saturated heterocycles. The molecule has 1 heterocycles. The number of hydrogen-bond donors (Lipinski definition) is 1. The molecule has 23 heavy (non-hydrogen) atoms. The van der Waals surface area contributed by atoms with E-state index in [2.05, 4.69) is 10.3 Å². The van der Waals surface area contributed by atoms with Crippen LogP contribution in [-0.2, 0) is 4.79 Å². The maximum Gasteiger partial charge on any atom is 0.251 e. The van der Waals surface area contributed by atoms with Crippen LogP contribution in [0.1, 0.15) is 27.5 Å². The minimum absolute atomic E-state index is 0.170. The molecule has 114 valence electrons. The van der Waals surface area contributed by atoms with Gasteiger partial charge in [-0.15, -0.1) is 0 Å². The van der Waals surface area contributed by atoms with Gasteiger partial charge in [-0.1, -0.05) is 24.3 Å². The summed E-state index contributed by atoms with van der Waals surface area (Å²) in [6.45, 7) is 0. The number of benzene rings is 1. The Morgan fingerprint density at radius 3 is 2.52 bits per heavy atom. The zero-order valence-corrected chi connectivity index (χ0v) is 12.6. The second-order valence-electron chi connectivity index (χ2n) is 4.75. The smallest absolute Gasteiger partial charge is 0.251 e. The highest BCUT2D eigenvalue weighted by Gasteiger charge is 2.18. The first-order valence-corrected chi connectivity index (χ1v) is 7.00. The number of nitriles is 1. The fourth-order valence-electron chi connectivity index (χ4n) is 1.99. The van der Waals surface area contributed by atoms with Gasteiger partial charge in [0, 0.05) is 18.8 Å². The van der Waals surface area contributed by atoms with Gasteiger partial charge in [0.1, 0.15) is 0 Å². The maximum absolute atomic E-state index is 12.2. The second-order valence-corrected chi connectivity index (χ2v) is 4.75. The molecule has 0 spiro atoms. The molecule has 0 saturated carbocycles. The SMILES string of the molecule is CNC(=O)c1ccc(/C=C/C(=O)C(C#N)c2ccccn2)cc1. The van der Waals surface area contributed by atoms with Crippen molar-refractivity contribution in [3.05, 3.63) is 71.6 Å². The van der Waals surface area contributed by atoms with E-state index in [4.69, 9.17) is 0 Å². The van der Waals surface area contributed by atoms with Crippen molar-refractivity contribution in [3.8, 4) is 6.07 Å². The van der Waals surface area contributed by atoms with Crippen LogP contribution in [0.5, 0.6) is 0 Å². The predicted octanol–water partition coefficient (Wildman–Crippen LogP) is 2.33. The number of aromatic nitrogens is 1. The van der Waals surface area contributed by atoms with Gasteiger partial charge in [-0.25, -0.2) is 0 Å². The fraction of sp³-hybridized carbons (Fsp3) is 0.111. The Labute approximate surface area is 134 Å². The summed E-state index contributed by atoms with van der Waals surface area (Å²) in [5.41, 5.74) is 1.74. The molecule has 1 amide bonds. The molecule has 1 unspecified atom stereocenters. The summed E-state index contributed by atoms with van der Waals surface area (Å²) < 4.78 is 0. The molecule has 1 aromatic heterocycles. The highest BCUT2D eigenvalue weighted by Crippen LogP contribution is 2.15. The van der Waals surface area contributed by atoms with Crippen molar-refractivity contribution in [1.29, 1.82) is 5.26 Å². The molecule has 0 aliphatic rings. The van der Waals surface area contributed by atoms with Crippen LogP contribution in [-0.4, -0.2) is 23.7 Å². The van der Waals surface area contributed by atoms with E-state index in [9.17, 15) is 14.9 Å². The summed E-state index contributed by atoms with van der Waals surface area (Å²) >= 11 is 0. The molecule has 1 N–H and O–H groups in total. The molecule has 5 nitrogen and oxygen atoms in total. The average Bonchev–Trinajstić information content (AvgIpc) is 2.61. The monoisotopic (exact) mass is 305 g/mol. The van der Waals surface area contributed by atoms with Gasteiger partial charge in [0.05, 0.1) is 11.8 Å². The summed E-state index contributed by atoms with van der Waals surface area (Å²) in [5.74, 6) is -1.42. The number of allylic oxidation sites excluding steroid dienone is 1. The number of hydrogen-bond acceptors (Lipinski definition) is 4. The molecule has 0 radical (unpaired) electrons. The van der Waals surface area contributed by atoms with Gasteiger partial charge in [-0.2, -0.15) is 5.26 Å². The Kier molecular flexibility index (Phi) is 5.37. The van der Waals surface area contributed by atoms with Gasteiger partial charge in [-0.05, 0) is 35.9 Å². The molecule has 1 atom stereocenters. The number of nitrogens with one attached hydrogen (secondary N) is 1. The highest BCUT2D eigenvalue weighted by atomic mass is 16.1. The standard InChI is InChI=1S/C18H15N3O2/c1-20-18(23)14-8-5-13(6-9-14)7-10-17(22)15(12-19)16-4-2-3-11-21-16/h2-11,15H,1H3,(H,20,23)/b10-7+. The topological polar surface area (TPSA) is 82.9 Å². The first-order chi connectivity index (χ1) is 11.2. The first-order valence-electron chi connectivity index (χ1n) is 7.00. The molecule has 2 aromatic rings. The summed E-state index contributed by atoms with van der Waals surface area (Å²) in [6.07, 6.45) is 4.52. The van der Waals surface area contributed by atoms with Crippen LogP contribution in [0.3, 0.4) is 0 Å². The Hall–Kier alpha value is -3.26. The summed E-state index contributed by atoms with van der Waals surface area (Å²) in [7, 11) is 1.56. The highest BCUT2D eigenvalue weighted by molar-refractivity contribution is 6.00. The lowest BCUT2D eigenvalue weighted by Gasteiger charge is -2.04. The Balaban J connectivity index is 2.11. The van der Waals surface area contributed by atoms with Gasteiger partial charge < -0.3 is 5.32 Å². The van der Waals surface area contributed by atoms with E-state index in [0.29, 0.717) is 11.3 Å². The minimum Gasteiger partial charge on any atom is -0.355 e. The van der Waals surface area contributed by atoms with Crippen molar-refractivity contribution in [1.82, 2.24) is 10.3 Å². The van der Waals surface area contributed by atoms with Crippen LogP contribution in [0.4, 0.5) is 0 Å². The van der Waals surface area contributed by atoms with Gasteiger partial charge in [0.25, 0.3) is 5.91 Å². The van der Waals surface area contributed by atoms with E-state index in [1.165, 1.54) is 6.08 Å². The average molecular weight is 305 g/mol. The third-order valence-electron chi connectivity index (χ3n) is 3.24. The normalized spacial score (nSPS) is 11.7. The van der Waals surface area contributed by atoms with Crippen molar-refractivity contribution >= 4 is 17.8 Å². The van der Waals surface area contributed by atoms with E-state index in [1.54, 1.807) is 61.8 Å². The van der Waals surface area contributed by atoms with Gasteiger partial charge in [0.15, 0.2) is 11.7 Å². The van der Waals surface area contributed by atoms with E-state index < -0.39 is 5.92 Å². The predicted molar refractivity (Wildman–Crippen MR) is 86.5 cm³/mol. The van der Waals surface area contributed by atoms with E-state index >= 15 is 0 Å². The molecule has 2 rings (SSSR count). The summed E-state index contributed by atoms with van der Waals surface area (Å²) in [4.78, 5) is 27.7. The number of nitrogens with zero attached hydrogens (tertiary/aromatic N) is 2. The van der Waals surface area contributed by atoms with Crippen molar-refractivity contribution in [3.63, 3.8) is 0 Å². The lowest BCUT2D eigenvalue weighted by atomic mass is 10.00. The summed E-state index contributed by atoms with van der Waals surface area (Å²) in [5, 5.41) is 11.7. The van der Waals surface area contributed by atoms with E-state index in [-0.39, 0.29) is 11.7 Å². The molecular weight excluding hydrogens is 290 g/mol. The molecule has 5 heteroatoms. The van der Waals surface area contributed by atoms with Crippen LogP contribution in [0.2, 0.25) is 0 Å². The van der Waals surface area contributed by atoms with Crippen molar-refractivity contribution < 1.29 is 9.59 Å². The van der Waals surface area contributed by atoms with Crippen molar-refractivity contribution in [2.45, 2.75) is 5.92 Å². The van der Waals surface area contributed by atoms with Crippen molar-refractivity contribution in [2.24, 2.45) is 0 Å². The van der Waals surface area contributed by atoms with Gasteiger partial charge in [-0.3, -0.25) is 14.6 Å².